The molecular weight excluding hydrogens is 266 g/mol. The van der Waals surface area contributed by atoms with E-state index in [1.54, 1.807) is 0 Å². The molecule has 108 valence electrons. The molecule has 0 aliphatic rings. The Morgan fingerprint density at radius 3 is 2.27 bits per heavy atom. The molecule has 1 nitrogen and oxygen atoms in total. The van der Waals surface area contributed by atoms with Crippen molar-refractivity contribution in [2.75, 3.05) is 0 Å². The average Bonchev–Trinajstić information content (AvgIpc) is 2.89. The van der Waals surface area contributed by atoms with Gasteiger partial charge < -0.3 is 4.57 Å². The summed E-state index contributed by atoms with van der Waals surface area (Å²) in [6.07, 6.45) is 1.07. The second-order valence-corrected chi connectivity index (χ2v) is 5.89. The summed E-state index contributed by atoms with van der Waals surface area (Å²) in [6.45, 7) is 4.34. The molecule has 0 radical (unpaired) electrons. The summed E-state index contributed by atoms with van der Waals surface area (Å²) in [6, 6.07) is 24.3. The number of benzene rings is 3. The summed E-state index contributed by atoms with van der Waals surface area (Å²) in [7, 11) is 0. The minimum Gasteiger partial charge on any atom is -0.309 e. The van der Waals surface area contributed by atoms with Gasteiger partial charge in [-0.15, -0.1) is 0 Å². The highest BCUT2D eigenvalue weighted by Crippen LogP contribution is 2.32. The van der Waals surface area contributed by atoms with E-state index in [0.717, 1.165) is 6.42 Å². The standard InChI is InChI=1S/C21H19N/c1-3-16-10-13-21-19(14-16)18-6-4-5-7-20(18)22(21)17-11-8-15(2)9-12-17/h4-14H,3H2,1-2H3. The third-order valence-corrected chi connectivity index (χ3v) is 4.44. The van der Waals surface area contributed by atoms with Crippen LogP contribution in [0, 0.1) is 6.92 Å². The van der Waals surface area contributed by atoms with Gasteiger partial charge in [-0.25, -0.2) is 0 Å². The second kappa shape index (κ2) is 5.03. The predicted octanol–water partition coefficient (Wildman–Crippen LogP) is 5.65. The van der Waals surface area contributed by atoms with Crippen LogP contribution in [0.15, 0.2) is 66.7 Å². The van der Waals surface area contributed by atoms with E-state index in [1.165, 1.54) is 38.6 Å². The molecule has 0 amide bonds. The predicted molar refractivity (Wildman–Crippen MR) is 94.9 cm³/mol. The first-order valence-corrected chi connectivity index (χ1v) is 7.87. The van der Waals surface area contributed by atoms with Crippen LogP contribution in [0.25, 0.3) is 27.5 Å². The van der Waals surface area contributed by atoms with E-state index in [9.17, 15) is 0 Å². The van der Waals surface area contributed by atoms with Crippen LogP contribution < -0.4 is 0 Å². The monoisotopic (exact) mass is 285 g/mol. The molecule has 22 heavy (non-hydrogen) atoms. The van der Waals surface area contributed by atoms with Crippen molar-refractivity contribution in [1.29, 1.82) is 0 Å². The number of rotatable bonds is 2. The summed E-state index contributed by atoms with van der Waals surface area (Å²) in [4.78, 5) is 0. The van der Waals surface area contributed by atoms with Crippen molar-refractivity contribution in [3.63, 3.8) is 0 Å². The first-order chi connectivity index (χ1) is 10.8. The van der Waals surface area contributed by atoms with E-state index in [1.807, 2.05) is 0 Å². The minimum atomic E-state index is 1.07. The Kier molecular flexibility index (Phi) is 3.00. The molecule has 0 atom stereocenters. The first kappa shape index (κ1) is 13.1. The highest BCUT2D eigenvalue weighted by molar-refractivity contribution is 6.09. The van der Waals surface area contributed by atoms with Crippen LogP contribution in [0.3, 0.4) is 0 Å². The van der Waals surface area contributed by atoms with Gasteiger partial charge in [-0.05, 0) is 49.2 Å². The molecule has 0 fully saturated rings. The smallest absolute Gasteiger partial charge is 0.0541 e. The van der Waals surface area contributed by atoms with E-state index >= 15 is 0 Å². The largest absolute Gasteiger partial charge is 0.309 e. The van der Waals surface area contributed by atoms with Crippen LogP contribution in [0.4, 0.5) is 0 Å². The topological polar surface area (TPSA) is 4.93 Å². The van der Waals surface area contributed by atoms with Gasteiger partial charge in [0.1, 0.15) is 0 Å². The minimum absolute atomic E-state index is 1.07. The van der Waals surface area contributed by atoms with Crippen molar-refractivity contribution >= 4 is 21.8 Å². The van der Waals surface area contributed by atoms with Gasteiger partial charge >= 0.3 is 0 Å². The van der Waals surface area contributed by atoms with Gasteiger partial charge in [0.15, 0.2) is 0 Å². The first-order valence-electron chi connectivity index (χ1n) is 7.87. The van der Waals surface area contributed by atoms with Gasteiger partial charge in [-0.2, -0.15) is 0 Å². The molecule has 0 unspecified atom stereocenters. The average molecular weight is 285 g/mol. The lowest BCUT2D eigenvalue weighted by Gasteiger charge is -2.08. The number of fused-ring (bicyclic) bond motifs is 3. The normalized spacial score (nSPS) is 11.4. The molecular formula is C21H19N. The van der Waals surface area contributed by atoms with Crippen LogP contribution in [-0.4, -0.2) is 4.57 Å². The van der Waals surface area contributed by atoms with Crippen molar-refractivity contribution in [2.24, 2.45) is 0 Å². The van der Waals surface area contributed by atoms with E-state index < -0.39 is 0 Å². The van der Waals surface area contributed by atoms with E-state index in [0.29, 0.717) is 0 Å². The molecule has 0 N–H and O–H groups in total. The molecule has 0 saturated carbocycles. The highest BCUT2D eigenvalue weighted by Gasteiger charge is 2.11. The van der Waals surface area contributed by atoms with E-state index in [4.69, 9.17) is 0 Å². The highest BCUT2D eigenvalue weighted by atomic mass is 15.0. The number of hydrogen-bond acceptors (Lipinski definition) is 0. The third kappa shape index (κ3) is 1.93. The van der Waals surface area contributed by atoms with Crippen molar-refractivity contribution in [2.45, 2.75) is 20.3 Å². The molecule has 0 spiro atoms. The number of aryl methyl sites for hydroxylation is 2. The van der Waals surface area contributed by atoms with Crippen molar-refractivity contribution in [1.82, 2.24) is 4.57 Å². The fraction of sp³-hybridized carbons (Fsp3) is 0.143. The summed E-state index contributed by atoms with van der Waals surface area (Å²) < 4.78 is 2.36. The maximum atomic E-state index is 2.36. The lowest BCUT2D eigenvalue weighted by Crippen LogP contribution is -1.93. The van der Waals surface area contributed by atoms with Crippen LogP contribution in [0.1, 0.15) is 18.1 Å². The number of para-hydroxylation sites is 1. The van der Waals surface area contributed by atoms with E-state index in [-0.39, 0.29) is 0 Å². The molecule has 0 aliphatic carbocycles. The fourth-order valence-corrected chi connectivity index (χ4v) is 3.21. The molecule has 4 aromatic rings. The number of nitrogens with zero attached hydrogens (tertiary/aromatic N) is 1. The maximum absolute atomic E-state index is 2.36. The van der Waals surface area contributed by atoms with Crippen molar-refractivity contribution < 1.29 is 0 Å². The molecule has 1 heteroatoms. The molecule has 1 heterocycles. The van der Waals surface area contributed by atoms with Crippen molar-refractivity contribution in [3.05, 3.63) is 77.9 Å². The Morgan fingerprint density at radius 2 is 1.50 bits per heavy atom. The van der Waals surface area contributed by atoms with Crippen LogP contribution in [-0.2, 0) is 6.42 Å². The van der Waals surface area contributed by atoms with Gasteiger partial charge in [-0.1, -0.05) is 48.9 Å². The molecule has 0 saturated heterocycles. The Bertz CT molecular complexity index is 958. The molecule has 0 bridgehead atoms. The maximum Gasteiger partial charge on any atom is 0.0541 e. The fourth-order valence-electron chi connectivity index (χ4n) is 3.21. The Hall–Kier alpha value is -2.54. The zero-order valence-corrected chi connectivity index (χ0v) is 13.0. The SMILES string of the molecule is CCc1ccc2c(c1)c1ccccc1n2-c1ccc(C)cc1. The lowest BCUT2D eigenvalue weighted by atomic mass is 10.1. The van der Waals surface area contributed by atoms with Crippen LogP contribution in [0.5, 0.6) is 0 Å². The van der Waals surface area contributed by atoms with Crippen LogP contribution in [0.2, 0.25) is 0 Å². The molecule has 4 rings (SSSR count). The summed E-state index contributed by atoms with van der Waals surface area (Å²) in [5.74, 6) is 0. The zero-order valence-electron chi connectivity index (χ0n) is 13.0. The van der Waals surface area contributed by atoms with Gasteiger partial charge in [0.2, 0.25) is 0 Å². The second-order valence-electron chi connectivity index (χ2n) is 5.89. The summed E-state index contributed by atoms with van der Waals surface area (Å²) >= 11 is 0. The number of hydrogen-bond donors (Lipinski definition) is 0. The molecule has 1 aromatic heterocycles. The van der Waals surface area contributed by atoms with Gasteiger partial charge in [-0.3, -0.25) is 0 Å². The van der Waals surface area contributed by atoms with Crippen molar-refractivity contribution in [3.8, 4) is 5.69 Å². The van der Waals surface area contributed by atoms with Gasteiger partial charge in [0.25, 0.3) is 0 Å². The van der Waals surface area contributed by atoms with Gasteiger partial charge in [0.05, 0.1) is 11.0 Å². The summed E-state index contributed by atoms with van der Waals surface area (Å²) in [5.41, 5.74) is 6.45. The van der Waals surface area contributed by atoms with Gasteiger partial charge in [0, 0.05) is 16.5 Å². The Morgan fingerprint density at radius 1 is 0.773 bits per heavy atom. The third-order valence-electron chi connectivity index (χ3n) is 4.44. The number of aromatic nitrogens is 1. The van der Waals surface area contributed by atoms with E-state index in [2.05, 4.69) is 85.1 Å². The zero-order chi connectivity index (χ0) is 15.1. The molecule has 0 aliphatic heterocycles. The Labute approximate surface area is 130 Å². The summed E-state index contributed by atoms with van der Waals surface area (Å²) in [5, 5.41) is 2.67. The Balaban J connectivity index is 2.13. The molecule has 3 aromatic carbocycles. The lowest BCUT2D eigenvalue weighted by molar-refractivity contribution is 1.14. The van der Waals surface area contributed by atoms with Crippen LogP contribution >= 0.6 is 0 Å². The quantitative estimate of drug-likeness (QED) is 0.448.